The van der Waals surface area contributed by atoms with Crippen LogP contribution in [0.5, 0.6) is 0 Å². The number of aryl methyl sites for hydroxylation is 1. The summed E-state index contributed by atoms with van der Waals surface area (Å²) in [6.45, 7) is 2.46. The average molecular weight is 214 g/mol. The largest absolute Gasteiger partial charge is 0.361 e. The summed E-state index contributed by atoms with van der Waals surface area (Å²) in [7, 11) is 0. The molecule has 0 bridgehead atoms. The Labute approximate surface area is 96.1 Å². The highest BCUT2D eigenvalue weighted by molar-refractivity contribution is 5.82. The van der Waals surface area contributed by atoms with E-state index >= 15 is 0 Å². The van der Waals surface area contributed by atoms with Gasteiger partial charge in [-0.05, 0) is 49.9 Å². The fourth-order valence-corrected chi connectivity index (χ4v) is 2.47. The highest BCUT2D eigenvalue weighted by Crippen LogP contribution is 2.21. The molecule has 0 saturated carbocycles. The van der Waals surface area contributed by atoms with Gasteiger partial charge >= 0.3 is 0 Å². The van der Waals surface area contributed by atoms with E-state index in [9.17, 15) is 0 Å². The van der Waals surface area contributed by atoms with E-state index in [1.165, 1.54) is 48.8 Å². The Balaban J connectivity index is 1.64. The molecular formula is C14H18N2. The number of aromatic amines is 1. The lowest BCUT2D eigenvalue weighted by Crippen LogP contribution is -2.41. The van der Waals surface area contributed by atoms with Crippen LogP contribution < -0.4 is 5.32 Å². The minimum Gasteiger partial charge on any atom is -0.361 e. The molecule has 2 heteroatoms. The number of aromatic nitrogens is 1. The summed E-state index contributed by atoms with van der Waals surface area (Å²) >= 11 is 0. The molecule has 2 aromatic rings. The van der Waals surface area contributed by atoms with Crippen LogP contribution in [0.3, 0.4) is 0 Å². The third-order valence-electron chi connectivity index (χ3n) is 3.60. The second-order valence-corrected chi connectivity index (χ2v) is 4.78. The second-order valence-electron chi connectivity index (χ2n) is 4.78. The van der Waals surface area contributed by atoms with Crippen molar-refractivity contribution < 1.29 is 0 Å². The lowest BCUT2D eigenvalue weighted by atomic mass is 9.95. The van der Waals surface area contributed by atoms with Crippen LogP contribution in [-0.2, 0) is 6.42 Å². The van der Waals surface area contributed by atoms with E-state index in [4.69, 9.17) is 0 Å². The predicted molar refractivity (Wildman–Crippen MR) is 67.6 cm³/mol. The Hall–Kier alpha value is -1.28. The van der Waals surface area contributed by atoms with E-state index < -0.39 is 0 Å². The zero-order chi connectivity index (χ0) is 10.8. The molecule has 0 atom stereocenters. The van der Waals surface area contributed by atoms with Crippen molar-refractivity contribution in [3.8, 4) is 0 Å². The van der Waals surface area contributed by atoms with Crippen LogP contribution in [0.1, 0.15) is 18.4 Å². The van der Waals surface area contributed by atoms with E-state index in [1.54, 1.807) is 0 Å². The first-order valence-electron chi connectivity index (χ1n) is 6.19. The van der Waals surface area contributed by atoms with Gasteiger partial charge in [0, 0.05) is 17.1 Å². The maximum absolute atomic E-state index is 3.34. The number of nitrogens with one attached hydrogen (secondary N) is 2. The minimum atomic E-state index is 0.935. The summed E-state index contributed by atoms with van der Waals surface area (Å²) in [4.78, 5) is 3.34. The summed E-state index contributed by atoms with van der Waals surface area (Å²) in [5, 5.41) is 4.73. The number of rotatable bonds is 4. The van der Waals surface area contributed by atoms with Gasteiger partial charge < -0.3 is 10.3 Å². The van der Waals surface area contributed by atoms with Crippen LogP contribution in [0, 0.1) is 5.92 Å². The average Bonchev–Trinajstić information content (AvgIpc) is 2.65. The summed E-state index contributed by atoms with van der Waals surface area (Å²) in [6, 6.07) is 8.57. The molecule has 0 unspecified atom stereocenters. The highest BCUT2D eigenvalue weighted by atomic mass is 14.9. The van der Waals surface area contributed by atoms with E-state index in [2.05, 4.69) is 40.8 Å². The zero-order valence-electron chi connectivity index (χ0n) is 9.50. The van der Waals surface area contributed by atoms with Gasteiger partial charge in [-0.15, -0.1) is 0 Å². The van der Waals surface area contributed by atoms with Crippen LogP contribution in [0.2, 0.25) is 0 Å². The second kappa shape index (κ2) is 4.30. The Morgan fingerprint density at radius 2 is 2.06 bits per heavy atom. The van der Waals surface area contributed by atoms with E-state index in [0.29, 0.717) is 0 Å². The predicted octanol–water partition coefficient (Wildman–Crippen LogP) is 2.71. The van der Waals surface area contributed by atoms with Crippen molar-refractivity contribution >= 4 is 10.9 Å². The third kappa shape index (κ3) is 1.85. The van der Waals surface area contributed by atoms with Crippen molar-refractivity contribution in [2.75, 3.05) is 13.1 Å². The first-order chi connectivity index (χ1) is 7.93. The van der Waals surface area contributed by atoms with Gasteiger partial charge in [0.2, 0.25) is 0 Å². The van der Waals surface area contributed by atoms with Gasteiger partial charge in [0.05, 0.1) is 0 Å². The molecule has 2 heterocycles. The van der Waals surface area contributed by atoms with Crippen molar-refractivity contribution in [1.29, 1.82) is 0 Å². The standard InChI is InChI=1S/C14H18N2/c1-2-7-14-13(6-1)12(10-16-14)5-3-4-11-8-15-9-11/h1-2,6-7,10-11,15-16H,3-5,8-9H2. The van der Waals surface area contributed by atoms with E-state index in [1.807, 2.05) is 0 Å². The highest BCUT2D eigenvalue weighted by Gasteiger charge is 2.15. The number of fused-ring (bicyclic) bond motifs is 1. The Morgan fingerprint density at radius 3 is 2.88 bits per heavy atom. The summed E-state index contributed by atoms with van der Waals surface area (Å²) in [5.41, 5.74) is 2.74. The lowest BCUT2D eigenvalue weighted by Gasteiger charge is -2.26. The minimum absolute atomic E-state index is 0.935. The molecular weight excluding hydrogens is 196 g/mol. The van der Waals surface area contributed by atoms with Gasteiger partial charge in [-0.2, -0.15) is 0 Å². The molecule has 16 heavy (non-hydrogen) atoms. The summed E-state index contributed by atoms with van der Waals surface area (Å²) < 4.78 is 0. The van der Waals surface area contributed by atoms with Crippen molar-refractivity contribution in [3.63, 3.8) is 0 Å². The molecule has 1 fully saturated rings. The van der Waals surface area contributed by atoms with Crippen molar-refractivity contribution in [1.82, 2.24) is 10.3 Å². The Bertz CT molecular complexity index is 468. The monoisotopic (exact) mass is 214 g/mol. The Morgan fingerprint density at radius 1 is 1.19 bits per heavy atom. The van der Waals surface area contributed by atoms with Crippen LogP contribution in [-0.4, -0.2) is 18.1 Å². The van der Waals surface area contributed by atoms with Crippen molar-refractivity contribution in [3.05, 3.63) is 36.0 Å². The number of benzene rings is 1. The molecule has 2 nitrogen and oxygen atoms in total. The molecule has 1 saturated heterocycles. The van der Waals surface area contributed by atoms with Gasteiger partial charge in [-0.25, -0.2) is 0 Å². The molecule has 1 aliphatic heterocycles. The fraction of sp³-hybridized carbons (Fsp3) is 0.429. The fourth-order valence-electron chi connectivity index (χ4n) is 2.47. The van der Waals surface area contributed by atoms with E-state index in [-0.39, 0.29) is 0 Å². The zero-order valence-corrected chi connectivity index (χ0v) is 9.50. The van der Waals surface area contributed by atoms with Gasteiger partial charge in [0.15, 0.2) is 0 Å². The molecule has 1 aromatic heterocycles. The molecule has 0 radical (unpaired) electrons. The van der Waals surface area contributed by atoms with Crippen molar-refractivity contribution in [2.24, 2.45) is 5.92 Å². The van der Waals surface area contributed by atoms with Crippen LogP contribution in [0.4, 0.5) is 0 Å². The van der Waals surface area contributed by atoms with Crippen molar-refractivity contribution in [2.45, 2.75) is 19.3 Å². The smallest absolute Gasteiger partial charge is 0.0456 e. The molecule has 0 aliphatic carbocycles. The molecule has 0 spiro atoms. The number of hydrogen-bond acceptors (Lipinski definition) is 1. The maximum Gasteiger partial charge on any atom is 0.0456 e. The molecule has 84 valence electrons. The van der Waals surface area contributed by atoms with Crippen LogP contribution >= 0.6 is 0 Å². The topological polar surface area (TPSA) is 27.8 Å². The molecule has 2 N–H and O–H groups in total. The van der Waals surface area contributed by atoms with Gasteiger partial charge in [0.25, 0.3) is 0 Å². The van der Waals surface area contributed by atoms with Gasteiger partial charge in [-0.3, -0.25) is 0 Å². The van der Waals surface area contributed by atoms with Gasteiger partial charge in [-0.1, -0.05) is 18.2 Å². The van der Waals surface area contributed by atoms with Crippen LogP contribution in [0.15, 0.2) is 30.5 Å². The molecule has 1 aliphatic rings. The van der Waals surface area contributed by atoms with Gasteiger partial charge in [0.1, 0.15) is 0 Å². The molecule has 1 aromatic carbocycles. The first-order valence-corrected chi connectivity index (χ1v) is 6.19. The third-order valence-corrected chi connectivity index (χ3v) is 3.60. The SMILES string of the molecule is c1ccc2c(CCCC3CNC3)c[nH]c2c1. The van der Waals surface area contributed by atoms with E-state index in [0.717, 1.165) is 5.92 Å². The number of H-pyrrole nitrogens is 1. The number of hydrogen-bond donors (Lipinski definition) is 2. The summed E-state index contributed by atoms with van der Waals surface area (Å²) in [6.07, 6.45) is 6.06. The summed E-state index contributed by atoms with van der Waals surface area (Å²) in [5.74, 6) is 0.935. The quantitative estimate of drug-likeness (QED) is 0.804. The Kier molecular flexibility index (Phi) is 2.66. The molecule has 3 rings (SSSR count). The molecule has 0 amide bonds. The maximum atomic E-state index is 3.34. The number of para-hydroxylation sites is 1. The van der Waals surface area contributed by atoms with Crippen LogP contribution in [0.25, 0.3) is 10.9 Å². The normalized spacial score (nSPS) is 16.5. The first kappa shape index (κ1) is 9.91. The lowest BCUT2D eigenvalue weighted by molar-refractivity contribution is 0.321.